The summed E-state index contributed by atoms with van der Waals surface area (Å²) in [4.78, 5) is 23.3. The van der Waals surface area contributed by atoms with Crippen LogP contribution in [0.3, 0.4) is 0 Å². The van der Waals surface area contributed by atoms with Crippen molar-refractivity contribution in [3.05, 3.63) is 68.6 Å². The van der Waals surface area contributed by atoms with Crippen molar-refractivity contribution in [3.8, 4) is 5.69 Å². The fourth-order valence-corrected chi connectivity index (χ4v) is 3.61. The average Bonchev–Trinajstić information content (AvgIpc) is 2.98. The topological polar surface area (TPSA) is 157 Å². The van der Waals surface area contributed by atoms with Crippen molar-refractivity contribution in [2.24, 2.45) is 10.2 Å². The summed E-state index contributed by atoms with van der Waals surface area (Å²) in [7, 11) is -4.62. The van der Waals surface area contributed by atoms with Gasteiger partial charge in [0.2, 0.25) is 0 Å². The van der Waals surface area contributed by atoms with Gasteiger partial charge in [-0.3, -0.25) is 14.4 Å². The maximum absolute atomic E-state index is 12.6. The van der Waals surface area contributed by atoms with E-state index in [-0.39, 0.29) is 27.8 Å². The van der Waals surface area contributed by atoms with Crippen LogP contribution in [-0.4, -0.2) is 28.7 Å². The second kappa shape index (κ2) is 9.13. The van der Waals surface area contributed by atoms with Crippen LogP contribution in [0.15, 0.2) is 62.4 Å². The number of aromatic amines is 1. The maximum Gasteiger partial charge on any atom is 2.00 e. The molecule has 14 heteroatoms. The molecular weight excluding hydrogens is 502 g/mol. The maximum atomic E-state index is 12.6. The van der Waals surface area contributed by atoms with E-state index < -0.39 is 42.9 Å². The van der Waals surface area contributed by atoms with Crippen molar-refractivity contribution in [1.82, 2.24) is 9.78 Å². The van der Waals surface area contributed by atoms with Crippen molar-refractivity contribution in [2.45, 2.75) is 4.90 Å². The van der Waals surface area contributed by atoms with E-state index >= 15 is 0 Å². The largest absolute Gasteiger partial charge is 2.00 e. The number of carboxylic acids is 1. The molecule has 3 rings (SSSR count). The quantitative estimate of drug-likeness (QED) is 0.305. The molecular formula is C16H9Cl2MnN4O6S+. The number of halogens is 2. The van der Waals surface area contributed by atoms with Crippen LogP contribution in [0, 0.1) is 0 Å². The summed E-state index contributed by atoms with van der Waals surface area (Å²) in [6.07, 6.45) is 0. The second-order valence-electron chi connectivity index (χ2n) is 5.51. The van der Waals surface area contributed by atoms with Gasteiger partial charge in [0.25, 0.3) is 15.7 Å². The number of hydrogen-bond donors (Lipinski definition) is 2. The first-order valence-corrected chi connectivity index (χ1v) is 9.79. The Morgan fingerprint density at radius 3 is 2.30 bits per heavy atom. The molecule has 10 nitrogen and oxygen atoms in total. The number of aromatic carboxylic acids is 1. The first-order chi connectivity index (χ1) is 13.6. The molecule has 0 fully saturated rings. The fourth-order valence-electron chi connectivity index (χ4n) is 2.32. The first kappa shape index (κ1) is 23.8. The van der Waals surface area contributed by atoms with E-state index in [0.29, 0.717) is 5.69 Å². The molecule has 0 saturated carbocycles. The van der Waals surface area contributed by atoms with Gasteiger partial charge in [-0.25, -0.2) is 4.68 Å². The molecule has 3 aromatic rings. The Morgan fingerprint density at radius 1 is 1.10 bits per heavy atom. The molecule has 0 aliphatic rings. The number of aromatic nitrogens is 2. The van der Waals surface area contributed by atoms with Crippen LogP contribution in [0.4, 0.5) is 11.4 Å². The predicted octanol–water partition coefficient (Wildman–Crippen LogP) is 2.50. The molecule has 1 heterocycles. The Kier molecular flexibility index (Phi) is 7.24. The predicted molar refractivity (Wildman–Crippen MR) is 101 cm³/mol. The van der Waals surface area contributed by atoms with Gasteiger partial charge in [-0.2, -0.15) is 8.42 Å². The van der Waals surface area contributed by atoms with E-state index in [1.54, 1.807) is 30.3 Å². The summed E-state index contributed by atoms with van der Waals surface area (Å²) in [5.41, 5.74) is -1.84. The van der Waals surface area contributed by atoms with Gasteiger partial charge in [0.05, 0.1) is 21.7 Å². The third-order valence-electron chi connectivity index (χ3n) is 3.62. The van der Waals surface area contributed by atoms with E-state index in [9.17, 15) is 23.1 Å². The van der Waals surface area contributed by atoms with E-state index in [4.69, 9.17) is 27.8 Å². The normalized spacial score (nSPS) is 11.4. The SMILES string of the molecule is O=C([O-])c1[nH]n(-c2ccccc2)c(=O)c1N=Nc1cc(Cl)c(S(=O)(=O)O)cc1Cl.[Mn+2]. The minimum absolute atomic E-state index is 0. The van der Waals surface area contributed by atoms with Gasteiger partial charge in [0.1, 0.15) is 16.3 Å². The molecule has 0 spiro atoms. The minimum atomic E-state index is -4.62. The zero-order chi connectivity index (χ0) is 21.3. The molecule has 0 atom stereocenters. The van der Waals surface area contributed by atoms with E-state index in [0.717, 1.165) is 16.8 Å². The Bertz CT molecular complexity index is 1310. The number of azo groups is 1. The molecule has 2 N–H and O–H groups in total. The molecule has 30 heavy (non-hydrogen) atoms. The van der Waals surface area contributed by atoms with Crippen LogP contribution in [0.25, 0.3) is 5.69 Å². The van der Waals surface area contributed by atoms with Crippen LogP contribution < -0.4 is 10.7 Å². The standard InChI is InChI=1S/C16H10Cl2N4O6S.Mn/c17-9-7-12(29(26,27)28)10(18)6-11(9)19-20-13-14(16(24)25)21-22(15(13)23)8-4-2-1-3-5-8;/h1-7,21H,(H,24,25)(H,26,27,28);/q;+2/p-1. The van der Waals surface area contributed by atoms with Crippen molar-refractivity contribution < 1.29 is 39.9 Å². The number of rotatable bonds is 5. The Morgan fingerprint density at radius 2 is 1.73 bits per heavy atom. The minimum Gasteiger partial charge on any atom is -0.543 e. The number of para-hydroxylation sites is 1. The van der Waals surface area contributed by atoms with Crippen LogP contribution in [-0.2, 0) is 27.2 Å². The molecule has 0 bridgehead atoms. The van der Waals surface area contributed by atoms with Crippen molar-refractivity contribution in [2.75, 3.05) is 0 Å². The fraction of sp³-hybridized carbons (Fsp3) is 0. The van der Waals surface area contributed by atoms with Gasteiger partial charge < -0.3 is 9.90 Å². The number of carbonyl (C=O) groups excluding carboxylic acids is 1. The third-order valence-corrected chi connectivity index (χ3v) is 5.24. The molecule has 0 aliphatic heterocycles. The molecule has 0 saturated heterocycles. The van der Waals surface area contributed by atoms with Crippen LogP contribution in [0.2, 0.25) is 10.0 Å². The van der Waals surface area contributed by atoms with Gasteiger partial charge in [-0.05, 0) is 24.3 Å². The molecule has 2 aromatic carbocycles. The number of hydrogen-bond acceptors (Lipinski definition) is 7. The number of H-pyrrole nitrogens is 1. The number of nitrogens with one attached hydrogen (secondary N) is 1. The van der Waals surface area contributed by atoms with Crippen molar-refractivity contribution >= 4 is 50.7 Å². The number of benzene rings is 2. The monoisotopic (exact) mass is 510 g/mol. The summed E-state index contributed by atoms with van der Waals surface area (Å²) in [5, 5.41) is 20.4. The molecule has 1 aromatic heterocycles. The Balaban J connectivity index is 0.00000320. The molecule has 155 valence electrons. The summed E-state index contributed by atoms with van der Waals surface area (Å²) >= 11 is 11.7. The van der Waals surface area contributed by atoms with E-state index in [1.807, 2.05) is 0 Å². The van der Waals surface area contributed by atoms with Crippen LogP contribution in [0.5, 0.6) is 0 Å². The van der Waals surface area contributed by atoms with Gasteiger partial charge >= 0.3 is 17.1 Å². The zero-order valence-electron chi connectivity index (χ0n) is 14.4. The van der Waals surface area contributed by atoms with Gasteiger partial charge in [-0.15, -0.1) is 10.2 Å². The van der Waals surface area contributed by atoms with E-state index in [1.165, 1.54) is 0 Å². The molecule has 0 unspecified atom stereocenters. The van der Waals surface area contributed by atoms with Crippen molar-refractivity contribution in [3.63, 3.8) is 0 Å². The molecule has 1 radical (unpaired) electrons. The summed E-state index contributed by atoms with van der Waals surface area (Å²) in [6.45, 7) is 0. The number of carboxylic acid groups (broad SMARTS) is 1. The van der Waals surface area contributed by atoms with Gasteiger partial charge in [0, 0.05) is 0 Å². The third kappa shape index (κ3) is 4.81. The molecule has 0 amide bonds. The summed E-state index contributed by atoms with van der Waals surface area (Å²) in [6, 6.07) is 9.93. The Hall–Kier alpha value is -2.47. The zero-order valence-corrected chi connectivity index (χ0v) is 17.9. The molecule has 0 aliphatic carbocycles. The van der Waals surface area contributed by atoms with Crippen LogP contribution >= 0.6 is 23.2 Å². The smallest absolute Gasteiger partial charge is 0.543 e. The summed E-state index contributed by atoms with van der Waals surface area (Å²) < 4.78 is 32.5. The summed E-state index contributed by atoms with van der Waals surface area (Å²) in [5.74, 6) is -1.70. The van der Waals surface area contributed by atoms with Gasteiger partial charge in [0.15, 0.2) is 5.69 Å². The number of nitrogens with zero attached hydrogens (tertiary/aromatic N) is 3. The van der Waals surface area contributed by atoms with E-state index in [2.05, 4.69) is 15.3 Å². The first-order valence-electron chi connectivity index (χ1n) is 7.59. The van der Waals surface area contributed by atoms with Gasteiger partial charge in [-0.1, -0.05) is 41.4 Å². The Labute approximate surface area is 189 Å². The average molecular weight is 511 g/mol. The second-order valence-corrected chi connectivity index (χ2v) is 7.71. The number of carbonyl (C=O) groups is 1. The van der Waals surface area contributed by atoms with Crippen LogP contribution in [0.1, 0.15) is 10.5 Å². The van der Waals surface area contributed by atoms with Crippen molar-refractivity contribution in [1.29, 1.82) is 0 Å².